The normalized spacial score (nSPS) is 16.9. The fourth-order valence-electron chi connectivity index (χ4n) is 1.32. The number of carbonyl (C=O) groups excluding carboxylic acids is 1. The fraction of sp³-hybridized carbons (Fsp3) is 0.364. The highest BCUT2D eigenvalue weighted by molar-refractivity contribution is 9.13. The Morgan fingerprint density at radius 3 is 2.62 bits per heavy atom. The first-order chi connectivity index (χ1) is 7.58. The van der Waals surface area contributed by atoms with Gasteiger partial charge in [-0.1, -0.05) is 6.07 Å². The van der Waals surface area contributed by atoms with Crippen molar-refractivity contribution in [1.82, 2.24) is 5.32 Å². The van der Waals surface area contributed by atoms with E-state index in [1.165, 1.54) is 0 Å². The van der Waals surface area contributed by atoms with Crippen LogP contribution in [0.2, 0.25) is 0 Å². The van der Waals surface area contributed by atoms with E-state index in [1.54, 1.807) is 0 Å². The van der Waals surface area contributed by atoms with Gasteiger partial charge in [0.15, 0.2) is 0 Å². The van der Waals surface area contributed by atoms with Crippen LogP contribution in [-0.2, 0) is 4.79 Å². The van der Waals surface area contributed by atoms with Crippen molar-refractivity contribution in [2.75, 3.05) is 0 Å². The molecule has 0 saturated heterocycles. The minimum atomic E-state index is -0.620. The molecule has 5 heteroatoms. The lowest BCUT2D eigenvalue weighted by Crippen LogP contribution is -2.28. The number of amides is 1. The molecule has 1 unspecified atom stereocenters. The Balaban J connectivity index is 2.09. The summed E-state index contributed by atoms with van der Waals surface area (Å²) in [6, 6.07) is 5.92. The van der Waals surface area contributed by atoms with Gasteiger partial charge < -0.3 is 5.32 Å². The van der Waals surface area contributed by atoms with Crippen LogP contribution in [0, 0.1) is 0 Å². The van der Waals surface area contributed by atoms with E-state index in [1.807, 2.05) is 18.2 Å². The van der Waals surface area contributed by atoms with Crippen LogP contribution >= 0.6 is 43.5 Å². The van der Waals surface area contributed by atoms with Crippen molar-refractivity contribution in [2.45, 2.75) is 24.3 Å². The van der Waals surface area contributed by atoms with E-state index in [9.17, 15) is 4.79 Å². The van der Waals surface area contributed by atoms with Crippen LogP contribution in [0.1, 0.15) is 23.8 Å². The molecule has 0 aliphatic heterocycles. The van der Waals surface area contributed by atoms with Crippen LogP contribution in [-0.4, -0.2) is 11.9 Å². The molecule has 2 rings (SSSR count). The quantitative estimate of drug-likeness (QED) is 0.810. The van der Waals surface area contributed by atoms with Crippen LogP contribution < -0.4 is 5.32 Å². The number of nitrogens with one attached hydrogen (secondary N) is 1. The first kappa shape index (κ1) is 12.4. The van der Waals surface area contributed by atoms with Gasteiger partial charge in [0.25, 0.3) is 0 Å². The highest BCUT2D eigenvalue weighted by Gasteiger charge is 2.27. The monoisotopic (exact) mass is 365 g/mol. The zero-order valence-electron chi connectivity index (χ0n) is 8.34. The van der Waals surface area contributed by atoms with Crippen molar-refractivity contribution >= 4 is 49.4 Å². The van der Waals surface area contributed by atoms with Gasteiger partial charge >= 0.3 is 0 Å². The first-order valence-electron chi connectivity index (χ1n) is 4.97. The van der Waals surface area contributed by atoms with Crippen LogP contribution in [0.4, 0.5) is 0 Å². The van der Waals surface area contributed by atoms with Gasteiger partial charge in [0, 0.05) is 15.0 Å². The number of hydrogen-bond donors (Lipinski definition) is 1. The van der Waals surface area contributed by atoms with Crippen molar-refractivity contribution in [3.63, 3.8) is 0 Å². The van der Waals surface area contributed by atoms with E-state index in [0.29, 0.717) is 6.04 Å². The second-order valence-corrected chi connectivity index (χ2v) is 5.96. The van der Waals surface area contributed by atoms with Gasteiger partial charge in [-0.3, -0.25) is 4.79 Å². The largest absolute Gasteiger partial charge is 0.352 e. The highest BCUT2D eigenvalue weighted by Crippen LogP contribution is 2.30. The minimum Gasteiger partial charge on any atom is -0.352 e. The van der Waals surface area contributed by atoms with Gasteiger partial charge in [-0.25, -0.2) is 0 Å². The Morgan fingerprint density at radius 1 is 1.38 bits per heavy atom. The molecule has 2 nitrogen and oxygen atoms in total. The second kappa shape index (κ2) is 5.07. The van der Waals surface area contributed by atoms with Crippen LogP contribution in [0.3, 0.4) is 0 Å². The average Bonchev–Trinajstić information content (AvgIpc) is 3.05. The third kappa shape index (κ3) is 2.99. The van der Waals surface area contributed by atoms with Gasteiger partial charge in [0.2, 0.25) is 5.91 Å². The molecule has 1 amide bonds. The van der Waals surface area contributed by atoms with E-state index in [2.05, 4.69) is 37.2 Å². The number of halogens is 3. The van der Waals surface area contributed by atoms with E-state index in [4.69, 9.17) is 11.6 Å². The predicted molar refractivity (Wildman–Crippen MR) is 71.6 cm³/mol. The van der Waals surface area contributed by atoms with E-state index < -0.39 is 5.38 Å². The standard InChI is InChI=1S/C11H10Br2ClNO/c12-8-4-1-6(5-9(8)13)10(14)11(16)15-7-2-3-7/h1,4-5,7,10H,2-3H2,(H,15,16). The summed E-state index contributed by atoms with van der Waals surface area (Å²) in [5.41, 5.74) is 0.801. The highest BCUT2D eigenvalue weighted by atomic mass is 79.9. The fourth-order valence-corrected chi connectivity index (χ4v) is 2.17. The SMILES string of the molecule is O=C(NC1CC1)C(Cl)c1ccc(Br)c(Br)c1. The lowest BCUT2D eigenvalue weighted by molar-refractivity contribution is -0.121. The molecule has 0 heterocycles. The maximum atomic E-state index is 11.7. The topological polar surface area (TPSA) is 29.1 Å². The summed E-state index contributed by atoms with van der Waals surface area (Å²) in [5.74, 6) is -0.113. The Bertz CT molecular complexity index is 420. The summed E-state index contributed by atoms with van der Waals surface area (Å²) >= 11 is 12.9. The molecule has 16 heavy (non-hydrogen) atoms. The van der Waals surface area contributed by atoms with Crippen LogP contribution in [0.5, 0.6) is 0 Å². The zero-order valence-corrected chi connectivity index (χ0v) is 12.3. The summed E-state index contributed by atoms with van der Waals surface area (Å²) in [5, 5.41) is 2.27. The summed E-state index contributed by atoms with van der Waals surface area (Å²) in [4.78, 5) is 11.7. The molecule has 0 bridgehead atoms. The molecule has 1 aliphatic carbocycles. The summed E-state index contributed by atoms with van der Waals surface area (Å²) in [6.45, 7) is 0. The molecule has 0 radical (unpaired) electrons. The second-order valence-electron chi connectivity index (χ2n) is 3.82. The molecule has 1 aromatic rings. The zero-order chi connectivity index (χ0) is 11.7. The lowest BCUT2D eigenvalue weighted by atomic mass is 10.1. The molecule has 1 aliphatic rings. The Labute approximate surface area is 116 Å². The average molecular weight is 367 g/mol. The molecule has 86 valence electrons. The predicted octanol–water partition coefficient (Wildman–Crippen LogP) is 3.77. The number of benzene rings is 1. The van der Waals surface area contributed by atoms with Gasteiger partial charge in [0.05, 0.1) is 0 Å². The van der Waals surface area contributed by atoms with Crippen molar-refractivity contribution in [2.24, 2.45) is 0 Å². The smallest absolute Gasteiger partial charge is 0.242 e. The first-order valence-corrected chi connectivity index (χ1v) is 6.99. The van der Waals surface area contributed by atoms with Gasteiger partial charge in [0.1, 0.15) is 5.38 Å². The van der Waals surface area contributed by atoms with E-state index >= 15 is 0 Å². The van der Waals surface area contributed by atoms with Crippen molar-refractivity contribution in [3.05, 3.63) is 32.7 Å². The van der Waals surface area contributed by atoms with Crippen LogP contribution in [0.25, 0.3) is 0 Å². The lowest BCUT2D eigenvalue weighted by Gasteiger charge is -2.11. The minimum absolute atomic E-state index is 0.113. The molecular weight excluding hydrogens is 357 g/mol. The third-order valence-electron chi connectivity index (χ3n) is 2.39. The Hall–Kier alpha value is -0.0600. The third-order valence-corrected chi connectivity index (χ3v) is 4.72. The van der Waals surface area contributed by atoms with Gasteiger partial charge in [-0.2, -0.15) is 0 Å². The summed E-state index contributed by atoms with van der Waals surface area (Å²) in [7, 11) is 0. The van der Waals surface area contributed by atoms with Crippen LogP contribution in [0.15, 0.2) is 27.1 Å². The molecule has 1 aromatic carbocycles. The molecule has 1 saturated carbocycles. The Kier molecular flexibility index (Phi) is 3.93. The summed E-state index contributed by atoms with van der Waals surface area (Å²) in [6.07, 6.45) is 2.14. The maximum absolute atomic E-state index is 11.7. The molecule has 0 spiro atoms. The number of rotatable bonds is 3. The number of alkyl halides is 1. The van der Waals surface area contributed by atoms with E-state index in [0.717, 1.165) is 27.4 Å². The molecule has 1 atom stereocenters. The van der Waals surface area contributed by atoms with E-state index in [-0.39, 0.29) is 5.91 Å². The van der Waals surface area contributed by atoms with Crippen molar-refractivity contribution in [1.29, 1.82) is 0 Å². The maximum Gasteiger partial charge on any atom is 0.242 e. The van der Waals surface area contributed by atoms with Crippen molar-refractivity contribution < 1.29 is 4.79 Å². The number of hydrogen-bond acceptors (Lipinski definition) is 1. The summed E-state index contributed by atoms with van der Waals surface area (Å²) < 4.78 is 1.84. The molecule has 1 N–H and O–H groups in total. The van der Waals surface area contributed by atoms with Crippen molar-refractivity contribution in [3.8, 4) is 0 Å². The molecular formula is C11H10Br2ClNO. The molecule has 1 fully saturated rings. The van der Waals surface area contributed by atoms with Gasteiger partial charge in [-0.15, -0.1) is 11.6 Å². The van der Waals surface area contributed by atoms with Gasteiger partial charge in [-0.05, 0) is 62.4 Å². The molecule has 0 aromatic heterocycles. The Morgan fingerprint density at radius 2 is 2.06 bits per heavy atom. The number of carbonyl (C=O) groups is 1.